The van der Waals surface area contributed by atoms with Crippen molar-refractivity contribution < 1.29 is 13.6 Å². The van der Waals surface area contributed by atoms with Crippen molar-refractivity contribution in [3.8, 4) is 0 Å². The van der Waals surface area contributed by atoms with Crippen LogP contribution in [-0.2, 0) is 4.79 Å². The third-order valence-electron chi connectivity index (χ3n) is 4.47. The lowest BCUT2D eigenvalue weighted by molar-refractivity contribution is -0.115. The van der Waals surface area contributed by atoms with Crippen LogP contribution < -0.4 is 4.90 Å². The summed E-state index contributed by atoms with van der Waals surface area (Å²) >= 11 is 0. The molecular formula is C18H22F2N2O. The first kappa shape index (κ1) is 17.3. The molecule has 1 saturated heterocycles. The van der Waals surface area contributed by atoms with E-state index in [0.717, 1.165) is 38.1 Å². The van der Waals surface area contributed by atoms with Crippen molar-refractivity contribution in [3.05, 3.63) is 55.1 Å². The summed E-state index contributed by atoms with van der Waals surface area (Å²) in [5.41, 5.74) is -0.149. The van der Waals surface area contributed by atoms with Gasteiger partial charge in [0.15, 0.2) is 11.6 Å². The van der Waals surface area contributed by atoms with E-state index < -0.39 is 17.2 Å². The van der Waals surface area contributed by atoms with Crippen molar-refractivity contribution in [2.45, 2.75) is 24.8 Å². The highest BCUT2D eigenvalue weighted by Gasteiger charge is 2.41. The highest BCUT2D eigenvalue weighted by molar-refractivity contribution is 6.02. The van der Waals surface area contributed by atoms with E-state index in [1.807, 2.05) is 7.05 Å². The number of benzene rings is 1. The number of nitrogens with zero attached hydrogens (tertiary/aromatic N) is 2. The Labute approximate surface area is 135 Å². The molecule has 1 aliphatic heterocycles. The first-order chi connectivity index (χ1) is 10.9. The van der Waals surface area contributed by atoms with Gasteiger partial charge in [0, 0.05) is 24.8 Å². The first-order valence-corrected chi connectivity index (χ1v) is 7.64. The molecule has 0 saturated carbocycles. The second-order valence-corrected chi connectivity index (χ2v) is 6.00. The van der Waals surface area contributed by atoms with Gasteiger partial charge in [-0.3, -0.25) is 4.79 Å². The summed E-state index contributed by atoms with van der Waals surface area (Å²) in [5.74, 6) is -2.21. The predicted molar refractivity (Wildman–Crippen MR) is 88.3 cm³/mol. The third-order valence-corrected chi connectivity index (χ3v) is 4.47. The molecule has 0 radical (unpaired) electrons. The van der Waals surface area contributed by atoms with Crippen LogP contribution in [-0.4, -0.2) is 36.5 Å². The van der Waals surface area contributed by atoms with Gasteiger partial charge in [0.2, 0.25) is 0 Å². The van der Waals surface area contributed by atoms with Crippen LogP contribution in [0.4, 0.5) is 14.5 Å². The van der Waals surface area contributed by atoms with E-state index in [1.165, 1.54) is 12.1 Å². The normalized spacial score (nSPS) is 17.5. The molecule has 1 fully saturated rings. The van der Waals surface area contributed by atoms with Crippen molar-refractivity contribution in [2.75, 3.05) is 25.0 Å². The van der Waals surface area contributed by atoms with Crippen LogP contribution in [0.15, 0.2) is 43.5 Å². The number of anilines is 1. The van der Waals surface area contributed by atoms with Gasteiger partial charge in [-0.15, -0.1) is 6.58 Å². The Morgan fingerprint density at radius 2 is 1.96 bits per heavy atom. The maximum atomic E-state index is 13.7. The summed E-state index contributed by atoms with van der Waals surface area (Å²) in [6.07, 6.45) is 5.03. The molecular weight excluding hydrogens is 298 g/mol. The van der Waals surface area contributed by atoms with E-state index in [1.54, 1.807) is 11.0 Å². The summed E-state index contributed by atoms with van der Waals surface area (Å²) < 4.78 is 26.9. The minimum atomic E-state index is -0.967. The maximum Gasteiger partial charge on any atom is 0.250 e. The monoisotopic (exact) mass is 320 g/mol. The van der Waals surface area contributed by atoms with Crippen molar-refractivity contribution in [3.63, 3.8) is 0 Å². The number of piperidine rings is 1. The van der Waals surface area contributed by atoms with Crippen molar-refractivity contribution in [2.24, 2.45) is 0 Å². The van der Waals surface area contributed by atoms with Crippen LogP contribution in [0.25, 0.3) is 0 Å². The van der Waals surface area contributed by atoms with E-state index in [9.17, 15) is 13.6 Å². The molecule has 0 spiro atoms. The van der Waals surface area contributed by atoms with Crippen molar-refractivity contribution in [1.82, 2.24) is 4.90 Å². The first-order valence-electron chi connectivity index (χ1n) is 7.64. The fourth-order valence-corrected chi connectivity index (χ4v) is 3.17. The quantitative estimate of drug-likeness (QED) is 0.612. The van der Waals surface area contributed by atoms with Crippen LogP contribution in [0.3, 0.4) is 0 Å². The molecule has 0 N–H and O–H groups in total. The molecule has 1 aliphatic rings. The zero-order valence-electron chi connectivity index (χ0n) is 13.4. The van der Waals surface area contributed by atoms with Gasteiger partial charge in [-0.2, -0.15) is 0 Å². The lowest BCUT2D eigenvalue weighted by Gasteiger charge is -2.47. The van der Waals surface area contributed by atoms with E-state index in [2.05, 4.69) is 18.1 Å². The Hall–Kier alpha value is -2.01. The number of hydrogen-bond acceptors (Lipinski definition) is 2. The molecule has 0 bridgehead atoms. The summed E-state index contributed by atoms with van der Waals surface area (Å²) in [6.45, 7) is 8.99. The number of likely N-dealkylation sites (tertiary alicyclic amines) is 1. The Kier molecular flexibility index (Phi) is 5.31. The highest BCUT2D eigenvalue weighted by Crippen LogP contribution is 2.37. The minimum Gasteiger partial charge on any atom is -0.306 e. The Morgan fingerprint density at radius 1 is 1.30 bits per heavy atom. The fraction of sp³-hybridized carbons (Fsp3) is 0.389. The van der Waals surface area contributed by atoms with Crippen LogP contribution in [0.5, 0.6) is 0 Å². The average molecular weight is 320 g/mol. The molecule has 5 heteroatoms. The Balaban J connectivity index is 2.50. The standard InChI is InChI=1S/C18H22F2N2O/c1-4-8-18(9-11-21(3)12-10-18)22(17(23)5-2)14-6-7-15(19)16(20)13-14/h4-7,13H,1-2,8-12H2,3H3. The van der Waals surface area contributed by atoms with Gasteiger partial charge in [0.25, 0.3) is 5.91 Å². The Morgan fingerprint density at radius 3 is 2.48 bits per heavy atom. The highest BCUT2D eigenvalue weighted by atomic mass is 19.2. The number of amides is 1. The molecule has 23 heavy (non-hydrogen) atoms. The topological polar surface area (TPSA) is 23.6 Å². The van der Waals surface area contributed by atoms with Crippen LogP contribution in [0.2, 0.25) is 0 Å². The SMILES string of the molecule is C=CCC1(N(C(=O)C=C)c2ccc(F)c(F)c2)CCN(C)CC1. The second-order valence-electron chi connectivity index (χ2n) is 6.00. The molecule has 3 nitrogen and oxygen atoms in total. The van der Waals surface area contributed by atoms with E-state index in [-0.39, 0.29) is 5.91 Å². The number of carbonyl (C=O) groups excluding carboxylic acids is 1. The Bertz CT molecular complexity index is 607. The van der Waals surface area contributed by atoms with Gasteiger partial charge in [-0.25, -0.2) is 8.78 Å². The summed E-state index contributed by atoms with van der Waals surface area (Å²) in [5, 5.41) is 0. The average Bonchev–Trinajstić information content (AvgIpc) is 2.54. The molecule has 0 aliphatic carbocycles. The third kappa shape index (κ3) is 3.50. The molecule has 2 rings (SSSR count). The molecule has 0 aromatic heterocycles. The van der Waals surface area contributed by atoms with Crippen molar-refractivity contribution in [1.29, 1.82) is 0 Å². The number of rotatable bonds is 5. The van der Waals surface area contributed by atoms with E-state index in [4.69, 9.17) is 0 Å². The summed E-state index contributed by atoms with van der Waals surface area (Å²) in [7, 11) is 2.02. The second kappa shape index (κ2) is 7.04. The zero-order chi connectivity index (χ0) is 17.0. The van der Waals surface area contributed by atoms with Crippen LogP contribution in [0.1, 0.15) is 19.3 Å². The van der Waals surface area contributed by atoms with Gasteiger partial charge < -0.3 is 9.80 Å². The van der Waals surface area contributed by atoms with Gasteiger partial charge in [0.05, 0.1) is 5.54 Å². The number of carbonyl (C=O) groups is 1. The summed E-state index contributed by atoms with van der Waals surface area (Å²) in [6, 6.07) is 3.55. The predicted octanol–water partition coefficient (Wildman–Crippen LogP) is 3.52. The molecule has 0 atom stereocenters. The van der Waals surface area contributed by atoms with E-state index >= 15 is 0 Å². The molecule has 0 unspecified atom stereocenters. The van der Waals surface area contributed by atoms with E-state index in [0.29, 0.717) is 12.1 Å². The maximum absolute atomic E-state index is 13.7. The fourth-order valence-electron chi connectivity index (χ4n) is 3.17. The van der Waals surface area contributed by atoms with Crippen LogP contribution in [0, 0.1) is 11.6 Å². The molecule has 1 heterocycles. The number of halogens is 2. The molecule has 1 amide bonds. The minimum absolute atomic E-state index is 0.317. The lowest BCUT2D eigenvalue weighted by atomic mass is 9.82. The lowest BCUT2D eigenvalue weighted by Crippen LogP contribution is -2.57. The smallest absolute Gasteiger partial charge is 0.250 e. The zero-order valence-corrected chi connectivity index (χ0v) is 13.4. The largest absolute Gasteiger partial charge is 0.306 e. The number of hydrogen-bond donors (Lipinski definition) is 0. The van der Waals surface area contributed by atoms with Crippen LogP contribution >= 0.6 is 0 Å². The van der Waals surface area contributed by atoms with Gasteiger partial charge in [-0.1, -0.05) is 12.7 Å². The van der Waals surface area contributed by atoms with Gasteiger partial charge in [0.1, 0.15) is 0 Å². The van der Waals surface area contributed by atoms with Gasteiger partial charge >= 0.3 is 0 Å². The molecule has 124 valence electrons. The molecule has 1 aromatic rings. The molecule has 1 aromatic carbocycles. The van der Waals surface area contributed by atoms with Crippen molar-refractivity contribution >= 4 is 11.6 Å². The summed E-state index contributed by atoms with van der Waals surface area (Å²) in [4.78, 5) is 16.2. The van der Waals surface area contributed by atoms with Gasteiger partial charge in [-0.05, 0) is 44.5 Å².